The van der Waals surface area contributed by atoms with E-state index in [0.717, 1.165) is 4.31 Å². The number of nitrogens with zero attached hydrogens (tertiary/aromatic N) is 1. The molecule has 6 nitrogen and oxygen atoms in total. The molecule has 1 atom stereocenters. The number of Topliss-reactive ketones (excluding diaryl/α,β-unsaturated/α-hetero) is 1. The van der Waals surface area contributed by atoms with Crippen LogP contribution in [-0.2, 0) is 19.6 Å². The molecule has 0 aromatic heterocycles. The fourth-order valence-electron chi connectivity index (χ4n) is 2.75. The molecule has 23 heavy (non-hydrogen) atoms. The van der Waals surface area contributed by atoms with E-state index in [2.05, 4.69) is 0 Å². The first-order chi connectivity index (χ1) is 10.8. The molecular formula is C16H21NO5S. The third-order valence-electron chi connectivity index (χ3n) is 3.85. The van der Waals surface area contributed by atoms with Gasteiger partial charge in [0.05, 0.1) is 12.0 Å². The summed E-state index contributed by atoms with van der Waals surface area (Å²) in [5.74, 6) is -0.738. The molecule has 0 unspecified atom stereocenters. The lowest BCUT2D eigenvalue weighted by molar-refractivity contribution is -0.145. The number of esters is 1. The Balaban J connectivity index is 2.54. The van der Waals surface area contributed by atoms with Gasteiger partial charge in [-0.05, 0) is 18.4 Å². The maximum atomic E-state index is 13.0. The second-order valence-corrected chi connectivity index (χ2v) is 7.81. The van der Waals surface area contributed by atoms with E-state index in [4.69, 9.17) is 4.74 Å². The number of ketones is 1. The average Bonchev–Trinajstić information content (AvgIpc) is 2.61. The van der Waals surface area contributed by atoms with Crippen LogP contribution in [0.1, 0.15) is 37.0 Å². The number of sulfonamides is 1. The number of hydrogen-bond donors (Lipinski definition) is 0. The number of carbonyl (C=O) groups is 2. The predicted octanol–water partition coefficient (Wildman–Crippen LogP) is 1.85. The quantitative estimate of drug-likeness (QED) is 0.782. The van der Waals surface area contributed by atoms with E-state index in [-0.39, 0.29) is 35.1 Å². The van der Waals surface area contributed by atoms with Crippen molar-refractivity contribution in [3.8, 4) is 0 Å². The Morgan fingerprint density at radius 1 is 1.30 bits per heavy atom. The van der Waals surface area contributed by atoms with Gasteiger partial charge in [-0.3, -0.25) is 9.59 Å². The first kappa shape index (κ1) is 17.6. The molecule has 0 spiro atoms. The number of benzene rings is 1. The van der Waals surface area contributed by atoms with Gasteiger partial charge >= 0.3 is 5.97 Å². The van der Waals surface area contributed by atoms with Crippen molar-refractivity contribution < 1.29 is 22.7 Å². The topological polar surface area (TPSA) is 80.8 Å². The van der Waals surface area contributed by atoms with Gasteiger partial charge in [-0.25, -0.2) is 8.42 Å². The third-order valence-corrected chi connectivity index (χ3v) is 5.82. The van der Waals surface area contributed by atoms with Crippen LogP contribution in [0.15, 0.2) is 29.2 Å². The van der Waals surface area contributed by atoms with E-state index in [0.29, 0.717) is 6.42 Å². The zero-order valence-electron chi connectivity index (χ0n) is 13.5. The Morgan fingerprint density at radius 3 is 2.57 bits per heavy atom. The van der Waals surface area contributed by atoms with Crippen LogP contribution in [0, 0.1) is 5.92 Å². The summed E-state index contributed by atoms with van der Waals surface area (Å²) in [6.45, 7) is 3.78. The zero-order valence-corrected chi connectivity index (χ0v) is 14.3. The Hall–Kier alpha value is -1.73. The third kappa shape index (κ3) is 3.45. The van der Waals surface area contributed by atoms with Crippen LogP contribution >= 0.6 is 0 Å². The highest BCUT2D eigenvalue weighted by Gasteiger charge is 2.40. The molecule has 7 heteroatoms. The second kappa shape index (κ2) is 6.80. The van der Waals surface area contributed by atoms with Crippen molar-refractivity contribution in [2.24, 2.45) is 5.92 Å². The lowest BCUT2D eigenvalue weighted by Crippen LogP contribution is -2.46. The number of carbonyl (C=O) groups excluding carboxylic acids is 2. The Morgan fingerprint density at radius 2 is 1.96 bits per heavy atom. The van der Waals surface area contributed by atoms with E-state index < -0.39 is 22.0 Å². The van der Waals surface area contributed by atoms with Crippen LogP contribution in [0.3, 0.4) is 0 Å². The molecule has 1 aromatic rings. The van der Waals surface area contributed by atoms with Gasteiger partial charge in [-0.2, -0.15) is 4.31 Å². The molecule has 126 valence electrons. The van der Waals surface area contributed by atoms with Crippen LogP contribution < -0.4 is 0 Å². The highest BCUT2D eigenvalue weighted by molar-refractivity contribution is 7.89. The van der Waals surface area contributed by atoms with Crippen LogP contribution in [-0.4, -0.2) is 44.2 Å². The summed E-state index contributed by atoms with van der Waals surface area (Å²) in [7, 11) is -2.71. The molecule has 1 aliphatic rings. The molecule has 0 bridgehead atoms. The number of methoxy groups -OCH3 is 1. The highest BCUT2D eigenvalue weighted by Crippen LogP contribution is 2.29. The van der Waals surface area contributed by atoms with Crippen molar-refractivity contribution in [3.63, 3.8) is 0 Å². The summed E-state index contributed by atoms with van der Waals surface area (Å²) < 4.78 is 31.9. The number of rotatable bonds is 4. The van der Waals surface area contributed by atoms with E-state index in [1.54, 1.807) is 12.1 Å². The monoisotopic (exact) mass is 339 g/mol. The minimum atomic E-state index is -3.94. The summed E-state index contributed by atoms with van der Waals surface area (Å²) in [6.07, 6.45) is 0.379. The van der Waals surface area contributed by atoms with Crippen molar-refractivity contribution in [2.75, 3.05) is 13.7 Å². The molecule has 1 aliphatic heterocycles. The fourth-order valence-corrected chi connectivity index (χ4v) is 4.55. The molecule has 0 fully saturated rings. The van der Waals surface area contributed by atoms with E-state index in [1.807, 2.05) is 13.8 Å². The largest absolute Gasteiger partial charge is 0.468 e. The Kier molecular flexibility index (Phi) is 5.21. The van der Waals surface area contributed by atoms with Gasteiger partial charge in [0.15, 0.2) is 5.78 Å². The molecular weight excluding hydrogens is 318 g/mol. The standard InChI is InChI=1S/C16H21NO5S/c1-11(2)10-13(16(19)22-3)17-9-8-14(18)12-6-4-5-7-15(12)23(17,20)21/h4-7,11,13H,8-10H2,1-3H3/t13-/m1/s1. The molecule has 1 aromatic carbocycles. The van der Waals surface area contributed by atoms with Crippen LogP contribution in [0.4, 0.5) is 0 Å². The molecule has 0 N–H and O–H groups in total. The maximum Gasteiger partial charge on any atom is 0.324 e. The summed E-state index contributed by atoms with van der Waals surface area (Å²) in [6, 6.07) is 5.19. The molecule has 2 rings (SSSR count). The van der Waals surface area contributed by atoms with Gasteiger partial charge in [0.2, 0.25) is 10.0 Å². The van der Waals surface area contributed by atoms with Crippen molar-refractivity contribution in [3.05, 3.63) is 29.8 Å². The van der Waals surface area contributed by atoms with E-state index >= 15 is 0 Å². The van der Waals surface area contributed by atoms with Crippen molar-refractivity contribution in [1.29, 1.82) is 0 Å². The average molecular weight is 339 g/mol. The first-order valence-corrected chi connectivity index (χ1v) is 8.95. The Labute approximate surface area is 136 Å². The lowest BCUT2D eigenvalue weighted by Gasteiger charge is -2.28. The second-order valence-electron chi connectivity index (χ2n) is 5.95. The van der Waals surface area contributed by atoms with Gasteiger partial charge in [0.25, 0.3) is 0 Å². The molecule has 1 heterocycles. The summed E-state index contributed by atoms with van der Waals surface area (Å²) >= 11 is 0. The minimum Gasteiger partial charge on any atom is -0.468 e. The smallest absolute Gasteiger partial charge is 0.324 e. The number of fused-ring (bicyclic) bond motifs is 1. The zero-order chi connectivity index (χ0) is 17.2. The molecule has 0 radical (unpaired) electrons. The first-order valence-electron chi connectivity index (χ1n) is 7.51. The summed E-state index contributed by atoms with van der Waals surface area (Å²) in [5.41, 5.74) is 0.183. The van der Waals surface area contributed by atoms with Crippen LogP contribution in [0.2, 0.25) is 0 Å². The molecule has 0 saturated carbocycles. The van der Waals surface area contributed by atoms with Gasteiger partial charge in [-0.1, -0.05) is 32.0 Å². The van der Waals surface area contributed by atoms with Gasteiger partial charge in [-0.15, -0.1) is 0 Å². The fraction of sp³-hybridized carbons (Fsp3) is 0.500. The van der Waals surface area contributed by atoms with E-state index in [1.165, 1.54) is 19.2 Å². The summed E-state index contributed by atoms with van der Waals surface area (Å²) in [4.78, 5) is 24.3. The highest BCUT2D eigenvalue weighted by atomic mass is 32.2. The van der Waals surface area contributed by atoms with Crippen molar-refractivity contribution >= 4 is 21.8 Å². The van der Waals surface area contributed by atoms with E-state index in [9.17, 15) is 18.0 Å². The van der Waals surface area contributed by atoms with Crippen LogP contribution in [0.25, 0.3) is 0 Å². The molecule has 0 aliphatic carbocycles. The minimum absolute atomic E-state index is 0.0255. The van der Waals surface area contributed by atoms with Crippen LogP contribution in [0.5, 0.6) is 0 Å². The number of ether oxygens (including phenoxy) is 1. The van der Waals surface area contributed by atoms with Gasteiger partial charge in [0.1, 0.15) is 6.04 Å². The lowest BCUT2D eigenvalue weighted by atomic mass is 10.0. The molecule has 0 saturated heterocycles. The normalized spacial score (nSPS) is 19.0. The SMILES string of the molecule is COC(=O)[C@@H](CC(C)C)N1CCC(=O)c2ccccc2S1(=O)=O. The predicted molar refractivity (Wildman–Crippen MR) is 84.5 cm³/mol. The van der Waals surface area contributed by atoms with Crippen molar-refractivity contribution in [2.45, 2.75) is 37.6 Å². The molecule has 0 amide bonds. The van der Waals surface area contributed by atoms with Crippen molar-refractivity contribution in [1.82, 2.24) is 4.31 Å². The number of hydrogen-bond acceptors (Lipinski definition) is 5. The Bertz CT molecular complexity index is 711. The summed E-state index contributed by atoms with van der Waals surface area (Å²) in [5, 5.41) is 0. The van der Waals surface area contributed by atoms with Gasteiger partial charge in [0, 0.05) is 18.5 Å². The van der Waals surface area contributed by atoms with Gasteiger partial charge < -0.3 is 4.74 Å². The maximum absolute atomic E-state index is 13.0.